The summed E-state index contributed by atoms with van der Waals surface area (Å²) in [5.41, 5.74) is 5.31. The first-order valence-corrected chi connectivity index (χ1v) is 7.56. The first kappa shape index (κ1) is 15.3. The van der Waals surface area contributed by atoms with E-state index in [9.17, 15) is 9.59 Å². The number of amides is 2. The Kier molecular flexibility index (Phi) is 4.09. The number of hydrogen-bond donors (Lipinski definition) is 1. The van der Waals surface area contributed by atoms with E-state index in [-0.39, 0.29) is 23.8 Å². The molecule has 0 aromatic heterocycles. The molecule has 0 aromatic rings. The van der Waals surface area contributed by atoms with Crippen LogP contribution in [-0.4, -0.2) is 53.3 Å². The summed E-state index contributed by atoms with van der Waals surface area (Å²) >= 11 is 0. The molecule has 0 spiro atoms. The minimum atomic E-state index is -0.741. The van der Waals surface area contributed by atoms with Crippen molar-refractivity contribution in [2.75, 3.05) is 20.1 Å². The molecule has 2 fully saturated rings. The van der Waals surface area contributed by atoms with Crippen molar-refractivity contribution in [2.24, 2.45) is 17.6 Å². The van der Waals surface area contributed by atoms with Crippen LogP contribution in [0.1, 0.15) is 40.0 Å². The second-order valence-corrected chi connectivity index (χ2v) is 7.04. The SMILES string of the molecule is CC1CC(N)CC(C(=O)N2CCN(C)C(=O)C2(C)C)C1. The Morgan fingerprint density at radius 2 is 1.90 bits per heavy atom. The van der Waals surface area contributed by atoms with Crippen molar-refractivity contribution in [3.05, 3.63) is 0 Å². The zero-order chi connectivity index (χ0) is 15.1. The summed E-state index contributed by atoms with van der Waals surface area (Å²) < 4.78 is 0. The first-order valence-electron chi connectivity index (χ1n) is 7.56. The van der Waals surface area contributed by atoms with Gasteiger partial charge in [-0.1, -0.05) is 6.92 Å². The van der Waals surface area contributed by atoms with Gasteiger partial charge in [-0.2, -0.15) is 0 Å². The fraction of sp³-hybridized carbons (Fsp3) is 0.867. The van der Waals surface area contributed by atoms with E-state index in [1.807, 2.05) is 13.8 Å². The minimum Gasteiger partial charge on any atom is -0.342 e. The lowest BCUT2D eigenvalue weighted by molar-refractivity contribution is -0.160. The standard InChI is InChI=1S/C15H27N3O2/c1-10-7-11(9-12(16)8-10)13(19)18-6-5-17(4)14(20)15(18,2)3/h10-12H,5-9,16H2,1-4H3. The molecule has 2 rings (SSSR count). The number of likely N-dealkylation sites (N-methyl/N-ethyl adjacent to an activating group) is 1. The third-order valence-electron chi connectivity index (χ3n) is 4.80. The lowest BCUT2D eigenvalue weighted by atomic mass is 9.78. The second kappa shape index (κ2) is 5.35. The maximum atomic E-state index is 12.8. The fourth-order valence-electron chi connectivity index (χ4n) is 3.68. The molecule has 2 amide bonds. The molecule has 3 atom stereocenters. The number of nitrogens with zero attached hydrogens (tertiary/aromatic N) is 2. The third kappa shape index (κ3) is 2.68. The van der Waals surface area contributed by atoms with Crippen LogP contribution in [0, 0.1) is 11.8 Å². The Balaban J connectivity index is 2.14. The number of rotatable bonds is 1. The number of nitrogens with two attached hydrogens (primary N) is 1. The molecule has 1 saturated carbocycles. The molecule has 3 unspecified atom stereocenters. The quantitative estimate of drug-likeness (QED) is 0.774. The van der Waals surface area contributed by atoms with Gasteiger partial charge in [0.15, 0.2) is 0 Å². The van der Waals surface area contributed by atoms with Gasteiger partial charge in [-0.15, -0.1) is 0 Å². The zero-order valence-corrected chi connectivity index (χ0v) is 13.1. The molecule has 0 radical (unpaired) electrons. The number of carbonyl (C=O) groups excluding carboxylic acids is 2. The Morgan fingerprint density at radius 3 is 2.50 bits per heavy atom. The van der Waals surface area contributed by atoms with Crippen molar-refractivity contribution < 1.29 is 9.59 Å². The van der Waals surface area contributed by atoms with E-state index < -0.39 is 5.54 Å². The zero-order valence-electron chi connectivity index (χ0n) is 13.1. The fourth-order valence-corrected chi connectivity index (χ4v) is 3.68. The van der Waals surface area contributed by atoms with Crippen LogP contribution >= 0.6 is 0 Å². The summed E-state index contributed by atoms with van der Waals surface area (Å²) in [6.45, 7) is 7.07. The molecule has 20 heavy (non-hydrogen) atoms. The van der Waals surface area contributed by atoms with Gasteiger partial charge in [0.1, 0.15) is 5.54 Å². The van der Waals surface area contributed by atoms with Crippen molar-refractivity contribution in [2.45, 2.75) is 51.6 Å². The maximum absolute atomic E-state index is 12.8. The van der Waals surface area contributed by atoms with E-state index in [4.69, 9.17) is 5.73 Å². The number of hydrogen-bond acceptors (Lipinski definition) is 3. The van der Waals surface area contributed by atoms with Gasteiger partial charge in [-0.05, 0) is 39.0 Å². The van der Waals surface area contributed by atoms with E-state index in [0.717, 1.165) is 19.3 Å². The average Bonchev–Trinajstić information content (AvgIpc) is 2.34. The monoisotopic (exact) mass is 281 g/mol. The van der Waals surface area contributed by atoms with Crippen LogP contribution in [0.2, 0.25) is 0 Å². The highest BCUT2D eigenvalue weighted by molar-refractivity contribution is 5.92. The normalized spacial score (nSPS) is 34.2. The predicted octanol–water partition coefficient (Wildman–Crippen LogP) is 0.829. The summed E-state index contributed by atoms with van der Waals surface area (Å²) in [6.07, 6.45) is 2.64. The molecule has 1 heterocycles. The highest BCUT2D eigenvalue weighted by Gasteiger charge is 2.45. The van der Waals surface area contributed by atoms with Gasteiger partial charge < -0.3 is 15.5 Å². The van der Waals surface area contributed by atoms with Gasteiger partial charge in [0, 0.05) is 32.1 Å². The van der Waals surface area contributed by atoms with Gasteiger partial charge in [0.25, 0.3) is 0 Å². The second-order valence-electron chi connectivity index (χ2n) is 7.04. The molecular weight excluding hydrogens is 254 g/mol. The molecule has 2 N–H and O–H groups in total. The minimum absolute atomic E-state index is 0.0188. The van der Waals surface area contributed by atoms with Gasteiger partial charge >= 0.3 is 0 Å². The van der Waals surface area contributed by atoms with Gasteiger partial charge in [0.2, 0.25) is 11.8 Å². The van der Waals surface area contributed by atoms with Crippen molar-refractivity contribution in [3.8, 4) is 0 Å². The van der Waals surface area contributed by atoms with Crippen LogP contribution in [0.4, 0.5) is 0 Å². The van der Waals surface area contributed by atoms with E-state index >= 15 is 0 Å². The van der Waals surface area contributed by atoms with Crippen LogP contribution < -0.4 is 5.73 Å². The van der Waals surface area contributed by atoms with Gasteiger partial charge in [-0.3, -0.25) is 9.59 Å². The van der Waals surface area contributed by atoms with Crippen LogP contribution in [0.5, 0.6) is 0 Å². The summed E-state index contributed by atoms with van der Waals surface area (Å²) in [4.78, 5) is 28.6. The Bertz CT molecular complexity index is 398. The van der Waals surface area contributed by atoms with Crippen LogP contribution in [0.15, 0.2) is 0 Å². The van der Waals surface area contributed by atoms with Crippen LogP contribution in [0.3, 0.4) is 0 Å². The third-order valence-corrected chi connectivity index (χ3v) is 4.80. The lowest BCUT2D eigenvalue weighted by Crippen LogP contribution is -2.64. The van der Waals surface area contributed by atoms with E-state index in [0.29, 0.717) is 19.0 Å². The van der Waals surface area contributed by atoms with Crippen LogP contribution in [0.25, 0.3) is 0 Å². The number of piperazine rings is 1. The van der Waals surface area contributed by atoms with Crippen molar-refractivity contribution in [1.82, 2.24) is 9.80 Å². The average molecular weight is 281 g/mol. The summed E-state index contributed by atoms with van der Waals surface area (Å²) in [6, 6.07) is 0.110. The van der Waals surface area contributed by atoms with Crippen molar-refractivity contribution >= 4 is 11.8 Å². The van der Waals surface area contributed by atoms with Crippen molar-refractivity contribution in [1.29, 1.82) is 0 Å². The smallest absolute Gasteiger partial charge is 0.247 e. The highest BCUT2D eigenvalue weighted by atomic mass is 16.2. The lowest BCUT2D eigenvalue weighted by Gasteiger charge is -2.46. The van der Waals surface area contributed by atoms with Gasteiger partial charge in [-0.25, -0.2) is 0 Å². The summed E-state index contributed by atoms with van der Waals surface area (Å²) in [7, 11) is 1.80. The van der Waals surface area contributed by atoms with Crippen LogP contribution in [-0.2, 0) is 9.59 Å². The topological polar surface area (TPSA) is 66.6 Å². The summed E-state index contributed by atoms with van der Waals surface area (Å²) in [5.74, 6) is 0.590. The molecule has 5 nitrogen and oxygen atoms in total. The van der Waals surface area contributed by atoms with E-state index in [1.54, 1.807) is 16.8 Å². The molecule has 114 valence electrons. The molecule has 1 saturated heterocycles. The van der Waals surface area contributed by atoms with E-state index in [1.165, 1.54) is 0 Å². The molecule has 1 aliphatic carbocycles. The van der Waals surface area contributed by atoms with E-state index in [2.05, 4.69) is 6.92 Å². The Labute approximate surface area is 121 Å². The maximum Gasteiger partial charge on any atom is 0.247 e. The largest absolute Gasteiger partial charge is 0.342 e. The molecule has 2 aliphatic rings. The highest BCUT2D eigenvalue weighted by Crippen LogP contribution is 2.32. The summed E-state index contributed by atoms with van der Waals surface area (Å²) in [5, 5.41) is 0. The molecular formula is C15H27N3O2. The Morgan fingerprint density at radius 1 is 1.25 bits per heavy atom. The molecule has 1 aliphatic heterocycles. The Hall–Kier alpha value is -1.10. The molecule has 0 aromatic carbocycles. The van der Waals surface area contributed by atoms with Crippen molar-refractivity contribution in [3.63, 3.8) is 0 Å². The van der Waals surface area contributed by atoms with Gasteiger partial charge in [0.05, 0.1) is 0 Å². The first-order chi connectivity index (χ1) is 9.23. The number of carbonyl (C=O) groups is 2. The predicted molar refractivity (Wildman–Crippen MR) is 77.9 cm³/mol. The molecule has 5 heteroatoms. The molecule has 0 bridgehead atoms.